The van der Waals surface area contributed by atoms with Crippen molar-refractivity contribution in [1.82, 2.24) is 5.32 Å². The second-order valence-corrected chi connectivity index (χ2v) is 4.66. The molecule has 0 radical (unpaired) electrons. The van der Waals surface area contributed by atoms with E-state index in [0.717, 1.165) is 6.42 Å². The van der Waals surface area contributed by atoms with Gasteiger partial charge in [-0.25, -0.2) is 0 Å². The lowest BCUT2D eigenvalue weighted by atomic mass is 10.1. The van der Waals surface area contributed by atoms with E-state index >= 15 is 0 Å². The molecule has 0 bridgehead atoms. The van der Waals surface area contributed by atoms with Crippen LogP contribution in [0.15, 0.2) is 48.5 Å². The molecule has 2 rings (SSSR count). The van der Waals surface area contributed by atoms with Gasteiger partial charge < -0.3 is 10.6 Å². The molecule has 0 spiro atoms. The Morgan fingerprint density at radius 1 is 0.952 bits per heavy atom. The molecule has 0 aromatic heterocycles. The third-order valence-electron chi connectivity index (χ3n) is 3.23. The third kappa shape index (κ3) is 3.69. The highest BCUT2D eigenvalue weighted by atomic mass is 16.2. The quantitative estimate of drug-likeness (QED) is 0.906. The molecule has 21 heavy (non-hydrogen) atoms. The summed E-state index contributed by atoms with van der Waals surface area (Å²) in [4.78, 5) is 23.7. The van der Waals surface area contributed by atoms with Crippen LogP contribution in [-0.2, 0) is 6.42 Å². The molecule has 0 aliphatic carbocycles. The number of benzene rings is 2. The molecule has 0 heterocycles. The maximum Gasteiger partial charge on any atom is 0.255 e. The van der Waals surface area contributed by atoms with Gasteiger partial charge in [-0.3, -0.25) is 9.59 Å². The molecule has 0 atom stereocenters. The number of hydrogen-bond acceptors (Lipinski definition) is 2. The summed E-state index contributed by atoms with van der Waals surface area (Å²) >= 11 is 0. The zero-order chi connectivity index (χ0) is 15.2. The van der Waals surface area contributed by atoms with Crippen molar-refractivity contribution >= 4 is 17.5 Å². The van der Waals surface area contributed by atoms with Crippen LogP contribution in [0, 0.1) is 0 Å². The van der Waals surface area contributed by atoms with Crippen molar-refractivity contribution in [1.29, 1.82) is 0 Å². The van der Waals surface area contributed by atoms with Crippen molar-refractivity contribution in [2.75, 3.05) is 12.4 Å². The number of carbonyl (C=O) groups is 2. The fourth-order valence-corrected chi connectivity index (χ4v) is 1.98. The van der Waals surface area contributed by atoms with E-state index in [-0.39, 0.29) is 11.8 Å². The highest BCUT2D eigenvalue weighted by molar-refractivity contribution is 6.05. The molecule has 2 amide bonds. The summed E-state index contributed by atoms with van der Waals surface area (Å²) < 4.78 is 0. The zero-order valence-electron chi connectivity index (χ0n) is 12.1. The van der Waals surface area contributed by atoms with E-state index in [1.165, 1.54) is 5.56 Å². The lowest BCUT2D eigenvalue weighted by Crippen LogP contribution is -2.18. The maximum atomic E-state index is 12.2. The Labute approximate surface area is 124 Å². The normalized spacial score (nSPS) is 10.0. The predicted molar refractivity (Wildman–Crippen MR) is 83.6 cm³/mol. The van der Waals surface area contributed by atoms with Gasteiger partial charge in [0.2, 0.25) is 0 Å². The van der Waals surface area contributed by atoms with Gasteiger partial charge in [0, 0.05) is 23.9 Å². The molecular formula is C17H18N2O2. The van der Waals surface area contributed by atoms with Crippen LogP contribution in [0.1, 0.15) is 33.2 Å². The lowest BCUT2D eigenvalue weighted by Gasteiger charge is -2.07. The minimum absolute atomic E-state index is 0.182. The van der Waals surface area contributed by atoms with Crippen LogP contribution in [-0.4, -0.2) is 18.9 Å². The van der Waals surface area contributed by atoms with Crippen LogP contribution in [0.4, 0.5) is 5.69 Å². The Kier molecular flexibility index (Phi) is 4.72. The van der Waals surface area contributed by atoms with Crippen molar-refractivity contribution in [3.8, 4) is 0 Å². The molecule has 4 heteroatoms. The average Bonchev–Trinajstić information content (AvgIpc) is 2.54. The molecule has 0 fully saturated rings. The molecule has 0 aliphatic heterocycles. The number of nitrogens with one attached hydrogen (secondary N) is 2. The number of amides is 2. The Hall–Kier alpha value is -2.62. The minimum Gasteiger partial charge on any atom is -0.355 e. The van der Waals surface area contributed by atoms with Crippen LogP contribution in [0.5, 0.6) is 0 Å². The first kappa shape index (κ1) is 14.8. The van der Waals surface area contributed by atoms with Crippen molar-refractivity contribution in [2.24, 2.45) is 0 Å². The van der Waals surface area contributed by atoms with Gasteiger partial charge in [0.25, 0.3) is 11.8 Å². The summed E-state index contributed by atoms with van der Waals surface area (Å²) in [6.07, 6.45) is 0.941. The molecule has 0 saturated carbocycles. The average molecular weight is 282 g/mol. The van der Waals surface area contributed by atoms with Crippen molar-refractivity contribution < 1.29 is 9.59 Å². The molecule has 108 valence electrons. The van der Waals surface area contributed by atoms with E-state index in [1.54, 1.807) is 43.4 Å². The molecule has 0 saturated heterocycles. The predicted octanol–water partition coefficient (Wildman–Crippen LogP) is 2.86. The second kappa shape index (κ2) is 6.70. The zero-order valence-corrected chi connectivity index (χ0v) is 12.1. The standard InChI is InChI=1S/C17H18N2O2/c1-3-12-7-9-13(10-8-12)17(21)19-15-6-4-5-14(11-15)16(20)18-2/h4-11H,3H2,1-2H3,(H,18,20)(H,19,21). The first-order valence-corrected chi connectivity index (χ1v) is 6.86. The van der Waals surface area contributed by atoms with Crippen LogP contribution in [0.25, 0.3) is 0 Å². The Bertz CT molecular complexity index is 648. The van der Waals surface area contributed by atoms with E-state index in [1.807, 2.05) is 12.1 Å². The number of rotatable bonds is 4. The summed E-state index contributed by atoms with van der Waals surface area (Å²) in [7, 11) is 1.57. The highest BCUT2D eigenvalue weighted by Crippen LogP contribution is 2.13. The van der Waals surface area contributed by atoms with Crippen LogP contribution >= 0.6 is 0 Å². The van der Waals surface area contributed by atoms with E-state index in [4.69, 9.17) is 0 Å². The van der Waals surface area contributed by atoms with Gasteiger partial charge in [-0.2, -0.15) is 0 Å². The molecular weight excluding hydrogens is 264 g/mol. The molecule has 2 aromatic carbocycles. The number of carbonyl (C=O) groups excluding carboxylic acids is 2. The van der Waals surface area contributed by atoms with Gasteiger partial charge in [0.05, 0.1) is 0 Å². The first-order chi connectivity index (χ1) is 10.1. The first-order valence-electron chi connectivity index (χ1n) is 6.86. The fraction of sp³-hybridized carbons (Fsp3) is 0.176. The van der Waals surface area contributed by atoms with Crippen LogP contribution < -0.4 is 10.6 Å². The van der Waals surface area contributed by atoms with Gasteiger partial charge in [-0.05, 0) is 42.3 Å². The molecule has 2 N–H and O–H groups in total. The summed E-state index contributed by atoms with van der Waals surface area (Å²) in [5, 5.41) is 5.35. The molecule has 4 nitrogen and oxygen atoms in total. The monoisotopic (exact) mass is 282 g/mol. The fourth-order valence-electron chi connectivity index (χ4n) is 1.98. The topological polar surface area (TPSA) is 58.2 Å². The van der Waals surface area contributed by atoms with Gasteiger partial charge in [0.15, 0.2) is 0 Å². The number of anilines is 1. The molecule has 0 unspecified atom stereocenters. The van der Waals surface area contributed by atoms with E-state index in [9.17, 15) is 9.59 Å². The SMILES string of the molecule is CCc1ccc(C(=O)Nc2cccc(C(=O)NC)c2)cc1. The van der Waals surface area contributed by atoms with Crippen molar-refractivity contribution in [3.05, 3.63) is 65.2 Å². The van der Waals surface area contributed by atoms with E-state index in [0.29, 0.717) is 16.8 Å². The summed E-state index contributed by atoms with van der Waals surface area (Å²) in [6, 6.07) is 14.3. The Morgan fingerprint density at radius 2 is 1.67 bits per heavy atom. The van der Waals surface area contributed by atoms with Crippen LogP contribution in [0.3, 0.4) is 0 Å². The maximum absolute atomic E-state index is 12.2. The van der Waals surface area contributed by atoms with Gasteiger partial charge >= 0.3 is 0 Å². The number of hydrogen-bond donors (Lipinski definition) is 2. The van der Waals surface area contributed by atoms with Crippen molar-refractivity contribution in [3.63, 3.8) is 0 Å². The molecule has 2 aromatic rings. The lowest BCUT2D eigenvalue weighted by molar-refractivity contribution is 0.0961. The Morgan fingerprint density at radius 3 is 2.29 bits per heavy atom. The van der Waals surface area contributed by atoms with Crippen LogP contribution in [0.2, 0.25) is 0 Å². The minimum atomic E-state index is -0.188. The second-order valence-electron chi connectivity index (χ2n) is 4.66. The van der Waals surface area contributed by atoms with Gasteiger partial charge in [-0.1, -0.05) is 25.1 Å². The summed E-state index contributed by atoms with van der Waals surface area (Å²) in [6.45, 7) is 2.07. The molecule has 0 aliphatic rings. The third-order valence-corrected chi connectivity index (χ3v) is 3.23. The largest absolute Gasteiger partial charge is 0.355 e. The Balaban J connectivity index is 2.13. The smallest absolute Gasteiger partial charge is 0.255 e. The number of aryl methyl sites for hydroxylation is 1. The van der Waals surface area contributed by atoms with Crippen molar-refractivity contribution in [2.45, 2.75) is 13.3 Å². The summed E-state index contributed by atoms with van der Waals surface area (Å²) in [5.74, 6) is -0.370. The van der Waals surface area contributed by atoms with Gasteiger partial charge in [-0.15, -0.1) is 0 Å². The summed E-state index contributed by atoms with van der Waals surface area (Å²) in [5.41, 5.74) is 2.89. The van der Waals surface area contributed by atoms with E-state index in [2.05, 4.69) is 17.6 Å². The highest BCUT2D eigenvalue weighted by Gasteiger charge is 2.08. The van der Waals surface area contributed by atoms with Gasteiger partial charge in [0.1, 0.15) is 0 Å². The van der Waals surface area contributed by atoms with E-state index < -0.39 is 0 Å².